The fraction of sp³-hybridized carbons (Fsp3) is 0.385. The second-order valence-corrected chi connectivity index (χ2v) is 10.7. The molecule has 3 aromatic rings. The van der Waals surface area contributed by atoms with Gasteiger partial charge in [0.05, 0.1) is 17.2 Å². The molecule has 34 heavy (non-hydrogen) atoms. The summed E-state index contributed by atoms with van der Waals surface area (Å²) >= 11 is 0. The van der Waals surface area contributed by atoms with E-state index in [1.807, 2.05) is 55.5 Å². The third-order valence-electron chi connectivity index (χ3n) is 6.63. The van der Waals surface area contributed by atoms with Crippen molar-refractivity contribution < 1.29 is 13.2 Å². The minimum atomic E-state index is -3.49. The molecule has 0 atom stereocenters. The van der Waals surface area contributed by atoms with Crippen LogP contribution in [0.15, 0.2) is 59.5 Å². The average Bonchev–Trinajstić information content (AvgIpc) is 2.89. The van der Waals surface area contributed by atoms with Crippen molar-refractivity contribution in [3.8, 4) is 17.0 Å². The minimum absolute atomic E-state index is 0.418. The highest BCUT2D eigenvalue weighted by molar-refractivity contribution is 7.89. The third-order valence-corrected chi connectivity index (χ3v) is 8.53. The molecule has 0 bridgehead atoms. The number of aromatic nitrogens is 2. The summed E-state index contributed by atoms with van der Waals surface area (Å²) in [6, 6.07) is 17.4. The summed E-state index contributed by atoms with van der Waals surface area (Å²) in [5.74, 6) is 1.60. The van der Waals surface area contributed by atoms with E-state index in [9.17, 15) is 8.42 Å². The average molecular weight is 479 g/mol. The second kappa shape index (κ2) is 9.72. The van der Waals surface area contributed by atoms with Gasteiger partial charge in [0, 0.05) is 31.7 Å². The van der Waals surface area contributed by atoms with E-state index in [4.69, 9.17) is 4.74 Å². The van der Waals surface area contributed by atoms with Crippen LogP contribution in [0.4, 0.5) is 5.82 Å². The summed E-state index contributed by atoms with van der Waals surface area (Å²) in [5, 5.41) is 8.80. The van der Waals surface area contributed by atoms with Gasteiger partial charge in [0.2, 0.25) is 10.0 Å². The van der Waals surface area contributed by atoms with E-state index in [0.717, 1.165) is 42.1 Å². The number of rotatable bonds is 6. The Labute approximate surface area is 201 Å². The first-order valence-corrected chi connectivity index (χ1v) is 13.4. The predicted octanol–water partition coefficient (Wildman–Crippen LogP) is 3.93. The number of hydrogen-bond donors (Lipinski definition) is 0. The van der Waals surface area contributed by atoms with E-state index in [-0.39, 0.29) is 0 Å². The fourth-order valence-corrected chi connectivity index (χ4v) is 6.19. The van der Waals surface area contributed by atoms with Gasteiger partial charge in [0.25, 0.3) is 0 Å². The zero-order chi connectivity index (χ0) is 23.5. The third kappa shape index (κ3) is 4.65. The molecule has 0 N–H and O–H groups in total. The molecule has 2 heterocycles. The number of aryl methyl sites for hydroxylation is 2. The van der Waals surface area contributed by atoms with Crippen LogP contribution in [0, 0.1) is 0 Å². The highest BCUT2D eigenvalue weighted by atomic mass is 32.2. The van der Waals surface area contributed by atoms with E-state index in [2.05, 4.69) is 15.1 Å². The van der Waals surface area contributed by atoms with Crippen LogP contribution in [0.25, 0.3) is 11.3 Å². The largest absolute Gasteiger partial charge is 0.494 e. The van der Waals surface area contributed by atoms with Gasteiger partial charge in [0.1, 0.15) is 5.75 Å². The molecule has 2 aliphatic rings. The number of sulfonamides is 1. The van der Waals surface area contributed by atoms with E-state index in [1.165, 1.54) is 17.5 Å². The van der Waals surface area contributed by atoms with Crippen LogP contribution in [-0.2, 0) is 22.9 Å². The molecule has 0 spiro atoms. The standard InChI is InChI=1S/C26H30N4O3S/c1-2-33-23-10-7-21(8-11-23)25-13-14-26(28-27-25)29-15-17-30(18-16-29)34(31,32)24-12-9-20-5-3-4-6-22(20)19-24/h7-14,19H,2-6,15-18H2,1H3. The molecule has 0 amide bonds. The molecule has 1 saturated heterocycles. The molecule has 0 saturated carbocycles. The van der Waals surface area contributed by atoms with Crippen molar-refractivity contribution in [2.75, 3.05) is 37.7 Å². The molecule has 7 nitrogen and oxygen atoms in total. The molecule has 178 valence electrons. The summed E-state index contributed by atoms with van der Waals surface area (Å²) in [6.07, 6.45) is 4.34. The zero-order valence-corrected chi connectivity index (χ0v) is 20.3. The van der Waals surface area contributed by atoms with Crippen molar-refractivity contribution >= 4 is 15.8 Å². The molecule has 0 radical (unpaired) electrons. The topological polar surface area (TPSA) is 75.6 Å². The van der Waals surface area contributed by atoms with Crippen LogP contribution in [0.3, 0.4) is 0 Å². The van der Waals surface area contributed by atoms with Crippen LogP contribution in [-0.4, -0.2) is 55.7 Å². The Morgan fingerprint density at radius 1 is 0.853 bits per heavy atom. The molecule has 1 aliphatic heterocycles. The van der Waals surface area contributed by atoms with E-state index >= 15 is 0 Å². The van der Waals surface area contributed by atoms with Crippen LogP contribution >= 0.6 is 0 Å². The van der Waals surface area contributed by atoms with E-state index in [0.29, 0.717) is 37.7 Å². The van der Waals surface area contributed by atoms with Gasteiger partial charge < -0.3 is 9.64 Å². The van der Waals surface area contributed by atoms with Crippen molar-refractivity contribution in [2.45, 2.75) is 37.5 Å². The molecule has 1 fully saturated rings. The Bertz CT molecular complexity index is 1240. The number of hydrogen-bond acceptors (Lipinski definition) is 6. The summed E-state index contributed by atoms with van der Waals surface area (Å²) in [5.41, 5.74) is 4.25. The van der Waals surface area contributed by atoms with Gasteiger partial charge in [-0.1, -0.05) is 6.07 Å². The number of fused-ring (bicyclic) bond motifs is 1. The first-order chi connectivity index (χ1) is 16.5. The normalized spacial score (nSPS) is 16.8. The second-order valence-electron chi connectivity index (χ2n) is 8.76. The van der Waals surface area contributed by atoms with Gasteiger partial charge in [-0.2, -0.15) is 4.31 Å². The molecule has 1 aromatic heterocycles. The van der Waals surface area contributed by atoms with Gasteiger partial charge in [-0.05, 0) is 92.3 Å². The SMILES string of the molecule is CCOc1ccc(-c2ccc(N3CCN(S(=O)(=O)c4ccc5c(c4)CCCC5)CC3)nn2)cc1. The smallest absolute Gasteiger partial charge is 0.243 e. The van der Waals surface area contributed by atoms with Crippen molar-refractivity contribution in [3.05, 3.63) is 65.7 Å². The predicted molar refractivity (Wildman–Crippen MR) is 133 cm³/mol. The summed E-state index contributed by atoms with van der Waals surface area (Å²) in [4.78, 5) is 2.51. The molecule has 0 unspecified atom stereocenters. The number of benzene rings is 2. The maximum atomic E-state index is 13.3. The van der Waals surface area contributed by atoms with Crippen molar-refractivity contribution in [3.63, 3.8) is 0 Å². The van der Waals surface area contributed by atoms with Crippen molar-refractivity contribution in [1.29, 1.82) is 0 Å². The number of anilines is 1. The minimum Gasteiger partial charge on any atom is -0.494 e. The lowest BCUT2D eigenvalue weighted by molar-refractivity contribution is 0.340. The van der Waals surface area contributed by atoms with Gasteiger partial charge in [-0.25, -0.2) is 8.42 Å². The Balaban J connectivity index is 1.23. The first-order valence-electron chi connectivity index (χ1n) is 12.0. The summed E-state index contributed by atoms with van der Waals surface area (Å²) in [6.45, 7) is 4.63. The Morgan fingerprint density at radius 2 is 1.59 bits per heavy atom. The van der Waals surface area contributed by atoms with Crippen LogP contribution < -0.4 is 9.64 Å². The zero-order valence-electron chi connectivity index (χ0n) is 19.5. The van der Waals surface area contributed by atoms with Crippen LogP contribution in [0.1, 0.15) is 30.9 Å². The molecule has 8 heteroatoms. The molecule has 5 rings (SSSR count). The fourth-order valence-electron chi connectivity index (χ4n) is 4.71. The van der Waals surface area contributed by atoms with Gasteiger partial charge in [-0.3, -0.25) is 0 Å². The maximum Gasteiger partial charge on any atom is 0.243 e. The van der Waals surface area contributed by atoms with Crippen molar-refractivity contribution in [1.82, 2.24) is 14.5 Å². The monoisotopic (exact) mass is 478 g/mol. The van der Waals surface area contributed by atoms with Crippen molar-refractivity contribution in [2.24, 2.45) is 0 Å². The lowest BCUT2D eigenvalue weighted by Crippen LogP contribution is -2.49. The highest BCUT2D eigenvalue weighted by Gasteiger charge is 2.29. The molecule has 1 aliphatic carbocycles. The van der Waals surface area contributed by atoms with Gasteiger partial charge in [-0.15, -0.1) is 10.2 Å². The Morgan fingerprint density at radius 3 is 2.26 bits per heavy atom. The molecule has 2 aromatic carbocycles. The summed E-state index contributed by atoms with van der Waals surface area (Å²) in [7, 11) is -3.49. The van der Waals surface area contributed by atoms with E-state index in [1.54, 1.807) is 10.4 Å². The van der Waals surface area contributed by atoms with Crippen LogP contribution in [0.5, 0.6) is 5.75 Å². The number of nitrogens with zero attached hydrogens (tertiary/aromatic N) is 4. The maximum absolute atomic E-state index is 13.3. The highest BCUT2D eigenvalue weighted by Crippen LogP contribution is 2.27. The van der Waals surface area contributed by atoms with Crippen LogP contribution in [0.2, 0.25) is 0 Å². The van der Waals surface area contributed by atoms with Gasteiger partial charge in [0.15, 0.2) is 5.82 Å². The molecular formula is C26H30N4O3S. The Hall–Kier alpha value is -2.97. The summed E-state index contributed by atoms with van der Waals surface area (Å²) < 4.78 is 33.6. The lowest BCUT2D eigenvalue weighted by atomic mass is 9.92. The number of ether oxygens (including phenoxy) is 1. The van der Waals surface area contributed by atoms with Gasteiger partial charge >= 0.3 is 0 Å². The van der Waals surface area contributed by atoms with E-state index < -0.39 is 10.0 Å². The number of piperazine rings is 1. The lowest BCUT2D eigenvalue weighted by Gasteiger charge is -2.34. The Kier molecular flexibility index (Phi) is 6.52. The quantitative estimate of drug-likeness (QED) is 0.534. The first kappa shape index (κ1) is 22.8. The molecular weight excluding hydrogens is 448 g/mol.